The summed E-state index contributed by atoms with van der Waals surface area (Å²) in [5.41, 5.74) is 0.423. The maximum absolute atomic E-state index is 13.9. The van der Waals surface area contributed by atoms with Crippen LogP contribution in [-0.2, 0) is 33.2 Å². The first-order valence-electron chi connectivity index (χ1n) is 11.6. The van der Waals surface area contributed by atoms with Crippen molar-refractivity contribution in [2.45, 2.75) is 44.6 Å². The molecule has 11 heteroatoms. The molecular formula is C25H29N3O6S2. The summed E-state index contributed by atoms with van der Waals surface area (Å²) in [5.74, 6) is 0.825. The van der Waals surface area contributed by atoms with E-state index >= 15 is 0 Å². The second-order valence-corrected chi connectivity index (χ2v) is 12.0. The highest BCUT2D eigenvalue weighted by Crippen LogP contribution is 2.50. The van der Waals surface area contributed by atoms with Crippen molar-refractivity contribution in [3.05, 3.63) is 69.6 Å². The van der Waals surface area contributed by atoms with Crippen molar-refractivity contribution in [3.63, 3.8) is 0 Å². The number of ether oxygens (including phenoxy) is 1. The van der Waals surface area contributed by atoms with Crippen molar-refractivity contribution >= 4 is 33.2 Å². The van der Waals surface area contributed by atoms with Gasteiger partial charge in [-0.05, 0) is 56.0 Å². The number of hydrogen-bond acceptors (Lipinski definition) is 8. The Morgan fingerprint density at radius 1 is 1.22 bits per heavy atom. The molecule has 1 saturated carbocycles. The van der Waals surface area contributed by atoms with Crippen molar-refractivity contribution in [1.82, 2.24) is 14.6 Å². The first-order chi connectivity index (χ1) is 17.1. The average Bonchev–Trinajstić information content (AvgIpc) is 3.31. The number of methoxy groups -OCH3 is 1. The van der Waals surface area contributed by atoms with Crippen LogP contribution in [0.3, 0.4) is 0 Å². The molecule has 4 rings (SSSR count). The second kappa shape index (κ2) is 10.4. The summed E-state index contributed by atoms with van der Waals surface area (Å²) >= 11 is 1.28. The highest BCUT2D eigenvalue weighted by atomic mass is 32.2. The Labute approximate surface area is 214 Å². The average molecular weight is 532 g/mol. The van der Waals surface area contributed by atoms with Crippen LogP contribution in [0.5, 0.6) is 5.75 Å². The summed E-state index contributed by atoms with van der Waals surface area (Å²) in [7, 11) is -2.11. The molecule has 0 radical (unpaired) electrons. The zero-order valence-electron chi connectivity index (χ0n) is 20.4. The number of rotatable bonds is 11. The monoisotopic (exact) mass is 531 g/mol. The lowest BCUT2D eigenvalue weighted by atomic mass is 9.94. The van der Waals surface area contributed by atoms with Crippen molar-refractivity contribution in [2.75, 3.05) is 19.9 Å². The Morgan fingerprint density at radius 2 is 1.94 bits per heavy atom. The van der Waals surface area contributed by atoms with Gasteiger partial charge in [0.05, 0.1) is 31.6 Å². The Kier molecular flexibility index (Phi) is 7.51. The van der Waals surface area contributed by atoms with Gasteiger partial charge >= 0.3 is 0 Å². The van der Waals surface area contributed by atoms with Crippen LogP contribution in [0.15, 0.2) is 47.1 Å². The fourth-order valence-electron chi connectivity index (χ4n) is 4.22. The Morgan fingerprint density at radius 3 is 2.53 bits per heavy atom. The van der Waals surface area contributed by atoms with Gasteiger partial charge in [-0.15, -0.1) is 11.3 Å². The van der Waals surface area contributed by atoms with Gasteiger partial charge in [0, 0.05) is 17.8 Å². The van der Waals surface area contributed by atoms with E-state index in [1.165, 1.54) is 11.3 Å². The molecule has 1 N–H and O–H groups in total. The lowest BCUT2D eigenvalue weighted by molar-refractivity contribution is -0.134. The van der Waals surface area contributed by atoms with Crippen LogP contribution in [0, 0.1) is 6.92 Å². The molecule has 9 nitrogen and oxygen atoms in total. The summed E-state index contributed by atoms with van der Waals surface area (Å²) in [6.45, 7) is 2.43. The predicted molar refractivity (Wildman–Crippen MR) is 136 cm³/mol. The number of aromatic nitrogens is 1. The number of carbonyl (C=O) groups excluding carboxylic acids is 2. The second-order valence-electron chi connectivity index (χ2n) is 8.94. The number of benzene rings is 1. The third-order valence-electron chi connectivity index (χ3n) is 6.18. The number of furan rings is 1. The fourth-order valence-corrected chi connectivity index (χ4v) is 5.60. The minimum atomic E-state index is -3.71. The lowest BCUT2D eigenvalue weighted by Gasteiger charge is -2.27. The van der Waals surface area contributed by atoms with Crippen LogP contribution in [0.4, 0.5) is 0 Å². The van der Waals surface area contributed by atoms with Gasteiger partial charge in [-0.3, -0.25) is 9.59 Å². The molecule has 2 aromatic heterocycles. The zero-order valence-corrected chi connectivity index (χ0v) is 22.1. The van der Waals surface area contributed by atoms with E-state index in [0.29, 0.717) is 29.3 Å². The summed E-state index contributed by atoms with van der Waals surface area (Å²) in [6.07, 6.45) is 5.44. The van der Waals surface area contributed by atoms with Crippen LogP contribution in [0.1, 0.15) is 51.0 Å². The third kappa shape index (κ3) is 5.96. The molecule has 0 spiro atoms. The first kappa shape index (κ1) is 25.9. The quantitative estimate of drug-likeness (QED) is 0.403. The van der Waals surface area contributed by atoms with E-state index in [9.17, 15) is 18.0 Å². The van der Waals surface area contributed by atoms with Gasteiger partial charge in [-0.2, -0.15) is 0 Å². The standard InChI is InChI=1S/C25H29N3O6S2/c1-17-22(23(29)27-36(3,31)32)26-21(35-17)16-28(14-4-6-20-7-5-15-34-20)24(30)25(12-13-25)18-8-10-19(33-2)11-9-18/h5,7-11,15H,4,6,12-14,16H2,1-3H3,(H,27,29). The molecule has 0 saturated heterocycles. The van der Waals surface area contributed by atoms with Crippen LogP contribution in [0.25, 0.3) is 0 Å². The minimum absolute atomic E-state index is 0.0158. The topological polar surface area (TPSA) is 119 Å². The SMILES string of the molecule is COc1ccc(C2(C(=O)N(CCCc3ccco3)Cc3nc(C(=O)NS(C)(=O)=O)c(C)s3)CC2)cc1. The molecule has 2 heterocycles. The largest absolute Gasteiger partial charge is 0.497 e. The van der Waals surface area contributed by atoms with Gasteiger partial charge < -0.3 is 14.1 Å². The molecule has 1 aliphatic carbocycles. The van der Waals surface area contributed by atoms with Crippen molar-refractivity contribution in [1.29, 1.82) is 0 Å². The van der Waals surface area contributed by atoms with E-state index in [4.69, 9.17) is 9.15 Å². The van der Waals surface area contributed by atoms with Gasteiger partial charge in [0.1, 0.15) is 22.2 Å². The number of nitrogens with one attached hydrogen (secondary N) is 1. The van der Waals surface area contributed by atoms with Gasteiger partial charge in [0.2, 0.25) is 15.9 Å². The molecule has 1 aromatic carbocycles. The van der Waals surface area contributed by atoms with Gasteiger partial charge in [-0.25, -0.2) is 18.1 Å². The highest BCUT2D eigenvalue weighted by Gasteiger charge is 2.53. The van der Waals surface area contributed by atoms with E-state index < -0.39 is 21.3 Å². The zero-order chi connectivity index (χ0) is 25.9. The smallest absolute Gasteiger partial charge is 0.284 e. The maximum atomic E-state index is 13.9. The number of nitrogens with zero attached hydrogens (tertiary/aromatic N) is 2. The van der Waals surface area contributed by atoms with E-state index in [-0.39, 0.29) is 18.1 Å². The van der Waals surface area contributed by atoms with Crippen LogP contribution in [0.2, 0.25) is 0 Å². The number of aryl methyl sites for hydroxylation is 2. The normalized spacial score (nSPS) is 14.3. The molecule has 36 heavy (non-hydrogen) atoms. The molecule has 0 unspecified atom stereocenters. The molecule has 1 aliphatic rings. The van der Waals surface area contributed by atoms with Crippen LogP contribution < -0.4 is 9.46 Å². The minimum Gasteiger partial charge on any atom is -0.497 e. The molecule has 0 atom stereocenters. The number of hydrogen-bond donors (Lipinski definition) is 1. The number of carbonyl (C=O) groups is 2. The van der Waals surface area contributed by atoms with E-state index in [1.807, 2.05) is 41.1 Å². The van der Waals surface area contributed by atoms with Crippen LogP contribution >= 0.6 is 11.3 Å². The Bertz CT molecular complexity index is 1330. The molecular weight excluding hydrogens is 502 g/mol. The molecule has 0 aliphatic heterocycles. The number of sulfonamides is 1. The first-order valence-corrected chi connectivity index (χ1v) is 14.3. The molecule has 3 aromatic rings. The van der Waals surface area contributed by atoms with Crippen molar-refractivity contribution < 1.29 is 27.2 Å². The maximum Gasteiger partial charge on any atom is 0.284 e. The summed E-state index contributed by atoms with van der Waals surface area (Å²) in [4.78, 5) is 33.0. The molecule has 2 amide bonds. The number of thiazole rings is 1. The Hall–Kier alpha value is -3.18. The van der Waals surface area contributed by atoms with Crippen molar-refractivity contribution in [2.24, 2.45) is 0 Å². The third-order valence-corrected chi connectivity index (χ3v) is 7.69. The fraction of sp³-hybridized carbons (Fsp3) is 0.400. The van der Waals surface area contributed by atoms with Gasteiger partial charge in [-0.1, -0.05) is 12.1 Å². The highest BCUT2D eigenvalue weighted by molar-refractivity contribution is 7.89. The lowest BCUT2D eigenvalue weighted by Crippen LogP contribution is -2.39. The predicted octanol–water partition coefficient (Wildman–Crippen LogP) is 3.44. The van der Waals surface area contributed by atoms with Crippen molar-refractivity contribution in [3.8, 4) is 5.75 Å². The Balaban J connectivity index is 1.55. The van der Waals surface area contributed by atoms with E-state index in [1.54, 1.807) is 25.2 Å². The van der Waals surface area contributed by atoms with Gasteiger partial charge in [0.15, 0.2) is 0 Å². The van der Waals surface area contributed by atoms with Gasteiger partial charge in [0.25, 0.3) is 5.91 Å². The number of amides is 2. The van der Waals surface area contributed by atoms with E-state index in [2.05, 4.69) is 4.98 Å². The summed E-state index contributed by atoms with van der Waals surface area (Å²) in [6, 6.07) is 11.3. The summed E-state index contributed by atoms with van der Waals surface area (Å²) in [5, 5.41) is 0.572. The molecule has 192 valence electrons. The van der Waals surface area contributed by atoms with Crippen LogP contribution in [-0.4, -0.2) is 50.0 Å². The molecule has 1 fully saturated rings. The molecule has 0 bridgehead atoms. The summed E-state index contributed by atoms with van der Waals surface area (Å²) < 4.78 is 35.6. The van der Waals surface area contributed by atoms with E-state index in [0.717, 1.165) is 36.2 Å².